The smallest absolute Gasteiger partial charge is 0.239 e. The number of aromatic nitrogens is 1. The molecule has 1 N–H and O–H groups in total. The molecule has 1 fully saturated rings. The van der Waals surface area contributed by atoms with E-state index in [1.54, 1.807) is 6.20 Å². The summed E-state index contributed by atoms with van der Waals surface area (Å²) >= 11 is 1.54. The number of hydrogen-bond donors (Lipinski definition) is 1. The molecule has 22 heavy (non-hydrogen) atoms. The highest BCUT2D eigenvalue weighted by atomic mass is 32.2. The molecule has 1 aromatic rings. The molecule has 1 aromatic heterocycles. The predicted octanol–water partition coefficient (Wildman–Crippen LogP) is 1.83. The van der Waals surface area contributed by atoms with Crippen molar-refractivity contribution in [3.05, 3.63) is 16.1 Å². The first-order valence-corrected chi connectivity index (χ1v) is 10.00. The fourth-order valence-electron chi connectivity index (χ4n) is 2.65. The second-order valence-corrected chi connectivity index (χ2v) is 8.93. The molecule has 2 rings (SSSR count). The second kappa shape index (κ2) is 7.06. The van der Waals surface area contributed by atoms with E-state index in [9.17, 15) is 13.2 Å². The van der Waals surface area contributed by atoms with Gasteiger partial charge in [-0.15, -0.1) is 11.3 Å². The third-order valence-electron chi connectivity index (χ3n) is 3.69. The van der Waals surface area contributed by atoms with E-state index in [2.05, 4.69) is 10.3 Å². The van der Waals surface area contributed by atoms with E-state index >= 15 is 0 Å². The highest BCUT2D eigenvalue weighted by molar-refractivity contribution is 7.89. The van der Waals surface area contributed by atoms with Crippen LogP contribution in [0.15, 0.2) is 6.20 Å². The van der Waals surface area contributed by atoms with Crippen molar-refractivity contribution in [2.75, 3.05) is 12.3 Å². The van der Waals surface area contributed by atoms with Crippen LogP contribution in [-0.4, -0.2) is 42.0 Å². The van der Waals surface area contributed by atoms with Crippen molar-refractivity contribution in [2.24, 2.45) is 0 Å². The van der Waals surface area contributed by atoms with Gasteiger partial charge in [0.2, 0.25) is 15.9 Å². The van der Waals surface area contributed by atoms with Crippen molar-refractivity contribution in [3.63, 3.8) is 0 Å². The van der Waals surface area contributed by atoms with Crippen molar-refractivity contribution in [1.82, 2.24) is 14.6 Å². The molecule has 1 aliphatic rings. The number of aryl methyl sites for hydroxylation is 1. The van der Waals surface area contributed by atoms with Gasteiger partial charge in [0.05, 0.1) is 11.8 Å². The van der Waals surface area contributed by atoms with E-state index in [1.807, 2.05) is 20.8 Å². The molecule has 1 saturated heterocycles. The van der Waals surface area contributed by atoms with Gasteiger partial charge in [0, 0.05) is 17.6 Å². The molecule has 0 aliphatic carbocycles. The number of rotatable bonds is 6. The first kappa shape index (κ1) is 17.4. The van der Waals surface area contributed by atoms with Crippen LogP contribution < -0.4 is 5.32 Å². The van der Waals surface area contributed by atoms with Gasteiger partial charge in [-0.1, -0.05) is 6.92 Å². The fraction of sp³-hybridized carbons (Fsp3) is 0.714. The SMILES string of the molecule is CCCS(=O)(=O)N1CCCC1C(=O)NC(C)c1ncc(C)s1. The normalized spacial score (nSPS) is 21.0. The topological polar surface area (TPSA) is 79.4 Å². The van der Waals surface area contributed by atoms with Gasteiger partial charge in [0.25, 0.3) is 0 Å². The predicted molar refractivity (Wildman–Crippen MR) is 87.2 cm³/mol. The lowest BCUT2D eigenvalue weighted by molar-refractivity contribution is -0.124. The number of hydrogen-bond acceptors (Lipinski definition) is 5. The van der Waals surface area contributed by atoms with Crippen LogP contribution in [0.5, 0.6) is 0 Å². The average Bonchev–Trinajstić information content (AvgIpc) is 3.07. The summed E-state index contributed by atoms with van der Waals surface area (Å²) in [4.78, 5) is 17.8. The van der Waals surface area contributed by atoms with E-state index in [0.29, 0.717) is 19.4 Å². The van der Waals surface area contributed by atoms with Crippen LogP contribution in [0.2, 0.25) is 0 Å². The minimum Gasteiger partial charge on any atom is -0.346 e. The molecule has 0 spiro atoms. The molecular formula is C14H23N3O3S2. The molecule has 1 aliphatic heterocycles. The van der Waals surface area contributed by atoms with Gasteiger partial charge >= 0.3 is 0 Å². The van der Waals surface area contributed by atoms with Gasteiger partial charge < -0.3 is 5.32 Å². The third kappa shape index (κ3) is 3.85. The Kier molecular flexibility index (Phi) is 5.57. The van der Waals surface area contributed by atoms with Crippen LogP contribution in [0.25, 0.3) is 0 Å². The highest BCUT2D eigenvalue weighted by Gasteiger charge is 2.38. The summed E-state index contributed by atoms with van der Waals surface area (Å²) in [5.74, 6) is -0.129. The maximum absolute atomic E-state index is 12.5. The van der Waals surface area contributed by atoms with Gasteiger partial charge in [-0.3, -0.25) is 4.79 Å². The molecular weight excluding hydrogens is 322 g/mol. The standard InChI is InChI=1S/C14H23N3O3S2/c1-4-8-22(19,20)17-7-5-6-12(17)13(18)16-11(3)14-15-9-10(2)21-14/h9,11-12H,4-8H2,1-3H3,(H,16,18). The molecule has 2 atom stereocenters. The average molecular weight is 345 g/mol. The van der Waals surface area contributed by atoms with Crippen LogP contribution in [0.4, 0.5) is 0 Å². The lowest BCUT2D eigenvalue weighted by Crippen LogP contribution is -2.47. The van der Waals surface area contributed by atoms with Crippen LogP contribution in [-0.2, 0) is 14.8 Å². The van der Waals surface area contributed by atoms with Crippen LogP contribution in [0, 0.1) is 6.92 Å². The molecule has 6 nitrogen and oxygen atoms in total. The summed E-state index contributed by atoms with van der Waals surface area (Å²) < 4.78 is 25.9. The monoisotopic (exact) mass is 345 g/mol. The Morgan fingerprint density at radius 1 is 1.59 bits per heavy atom. The fourth-order valence-corrected chi connectivity index (χ4v) is 5.18. The highest BCUT2D eigenvalue weighted by Crippen LogP contribution is 2.24. The van der Waals surface area contributed by atoms with Gasteiger partial charge in [0.15, 0.2) is 0 Å². The number of nitrogens with one attached hydrogen (secondary N) is 1. The quantitative estimate of drug-likeness (QED) is 0.853. The van der Waals surface area contributed by atoms with Crippen LogP contribution in [0.3, 0.4) is 0 Å². The Hall–Kier alpha value is -0.990. The lowest BCUT2D eigenvalue weighted by Gasteiger charge is -2.24. The number of carbonyl (C=O) groups excluding carboxylic acids is 1. The molecule has 0 radical (unpaired) electrons. The van der Waals surface area contributed by atoms with E-state index in [1.165, 1.54) is 15.6 Å². The molecule has 0 bridgehead atoms. The van der Waals surface area contributed by atoms with E-state index in [-0.39, 0.29) is 17.7 Å². The first-order chi connectivity index (χ1) is 10.3. The van der Waals surface area contributed by atoms with Crippen molar-refractivity contribution in [2.45, 2.75) is 52.1 Å². The number of amides is 1. The zero-order valence-corrected chi connectivity index (χ0v) is 14.8. The molecule has 8 heteroatoms. The van der Waals surface area contributed by atoms with Gasteiger partial charge in [-0.2, -0.15) is 4.31 Å². The Balaban J connectivity index is 2.05. The summed E-state index contributed by atoms with van der Waals surface area (Å²) in [6.07, 6.45) is 3.64. The Morgan fingerprint density at radius 2 is 2.32 bits per heavy atom. The van der Waals surface area contributed by atoms with Gasteiger partial charge in [-0.25, -0.2) is 13.4 Å². The Labute approximate surface area is 136 Å². The van der Waals surface area contributed by atoms with Crippen molar-refractivity contribution >= 4 is 27.3 Å². The molecule has 2 unspecified atom stereocenters. The molecule has 0 aromatic carbocycles. The minimum atomic E-state index is -3.34. The summed E-state index contributed by atoms with van der Waals surface area (Å²) in [7, 11) is -3.34. The molecule has 124 valence electrons. The second-order valence-electron chi connectivity index (χ2n) is 5.62. The Bertz CT molecular complexity index is 627. The summed E-state index contributed by atoms with van der Waals surface area (Å²) in [5, 5.41) is 3.74. The maximum Gasteiger partial charge on any atom is 0.239 e. The van der Waals surface area contributed by atoms with E-state index in [0.717, 1.165) is 16.3 Å². The molecule has 0 saturated carbocycles. The maximum atomic E-state index is 12.5. The third-order valence-corrected chi connectivity index (χ3v) is 6.87. The largest absolute Gasteiger partial charge is 0.346 e. The van der Waals surface area contributed by atoms with Crippen molar-refractivity contribution < 1.29 is 13.2 Å². The minimum absolute atomic E-state index is 0.0952. The van der Waals surface area contributed by atoms with Crippen molar-refractivity contribution in [1.29, 1.82) is 0 Å². The summed E-state index contributed by atoms with van der Waals surface area (Å²) in [6.45, 7) is 6.10. The lowest BCUT2D eigenvalue weighted by atomic mass is 10.2. The van der Waals surface area contributed by atoms with Gasteiger partial charge in [-0.05, 0) is 33.1 Å². The van der Waals surface area contributed by atoms with Crippen LogP contribution in [0.1, 0.15) is 49.0 Å². The van der Waals surface area contributed by atoms with E-state index in [4.69, 9.17) is 0 Å². The van der Waals surface area contributed by atoms with Crippen LogP contribution >= 0.6 is 11.3 Å². The number of carbonyl (C=O) groups is 1. The zero-order chi connectivity index (χ0) is 16.3. The van der Waals surface area contributed by atoms with Crippen molar-refractivity contribution in [3.8, 4) is 0 Å². The summed E-state index contributed by atoms with van der Waals surface area (Å²) in [5.41, 5.74) is 0. The molecule has 1 amide bonds. The number of sulfonamides is 1. The molecule has 2 heterocycles. The van der Waals surface area contributed by atoms with E-state index < -0.39 is 16.1 Å². The number of nitrogens with zero attached hydrogens (tertiary/aromatic N) is 2. The zero-order valence-electron chi connectivity index (χ0n) is 13.2. The Morgan fingerprint density at radius 3 is 2.91 bits per heavy atom. The summed E-state index contributed by atoms with van der Waals surface area (Å²) in [6, 6.07) is -0.789. The number of thiazole rings is 1. The van der Waals surface area contributed by atoms with Gasteiger partial charge in [0.1, 0.15) is 11.0 Å². The first-order valence-electron chi connectivity index (χ1n) is 7.57.